The highest BCUT2D eigenvalue weighted by molar-refractivity contribution is 7.47. The fourth-order valence-electron chi connectivity index (χ4n) is 7.08. The normalized spacial score (nSPS) is 13.4. The van der Waals surface area contributed by atoms with Gasteiger partial charge in [0, 0.05) is 12.8 Å². The number of ether oxygens (including phenoxy) is 2. The second-order valence-electron chi connectivity index (χ2n) is 17.9. The summed E-state index contributed by atoms with van der Waals surface area (Å²) < 4.78 is 34.4. The van der Waals surface area contributed by atoms with Crippen molar-refractivity contribution in [1.29, 1.82) is 0 Å². The zero-order chi connectivity index (χ0) is 42.1. The standard InChI is InChI=1S/C47H94NO8P/c1-6-8-10-12-14-16-18-20-22-23-24-25-26-28-29-31-33-35-37-39-46(49)53-43-45(44-55-57(51,52)54-42-41-48(3,4)5)56-47(50)40-38-36-34-32-30-27-21-19-17-15-13-11-9-7-2/h45H,6-44H2,1-5H3/p+1/t45-/m0/s1. The van der Waals surface area contributed by atoms with Crippen LogP contribution in [0.3, 0.4) is 0 Å². The van der Waals surface area contributed by atoms with Crippen LogP contribution in [-0.2, 0) is 32.7 Å². The maximum Gasteiger partial charge on any atom is 0.472 e. The van der Waals surface area contributed by atoms with Gasteiger partial charge in [0.2, 0.25) is 0 Å². The van der Waals surface area contributed by atoms with E-state index in [2.05, 4.69) is 13.8 Å². The summed E-state index contributed by atoms with van der Waals surface area (Å²) in [5.74, 6) is -0.780. The molecule has 0 rings (SSSR count). The van der Waals surface area contributed by atoms with Crippen LogP contribution in [0.2, 0.25) is 0 Å². The third-order valence-electron chi connectivity index (χ3n) is 10.9. The van der Waals surface area contributed by atoms with E-state index in [0.717, 1.165) is 38.5 Å². The van der Waals surface area contributed by atoms with E-state index >= 15 is 0 Å². The Morgan fingerprint density at radius 2 is 0.789 bits per heavy atom. The summed E-state index contributed by atoms with van der Waals surface area (Å²) in [6, 6.07) is 0. The van der Waals surface area contributed by atoms with Crippen molar-refractivity contribution in [3.8, 4) is 0 Å². The Bertz CT molecular complexity index is 943. The largest absolute Gasteiger partial charge is 0.472 e. The molecule has 0 saturated carbocycles. The van der Waals surface area contributed by atoms with Crippen LogP contribution in [0.15, 0.2) is 0 Å². The Morgan fingerprint density at radius 3 is 1.12 bits per heavy atom. The van der Waals surface area contributed by atoms with E-state index in [1.807, 2.05) is 21.1 Å². The first kappa shape index (κ1) is 56.0. The van der Waals surface area contributed by atoms with Gasteiger partial charge in [-0.15, -0.1) is 0 Å². The zero-order valence-electron chi connectivity index (χ0n) is 38.4. The number of esters is 2. The fraction of sp³-hybridized carbons (Fsp3) is 0.957. The van der Waals surface area contributed by atoms with Crippen molar-refractivity contribution >= 4 is 19.8 Å². The molecule has 0 fully saturated rings. The Hall–Kier alpha value is -0.990. The van der Waals surface area contributed by atoms with Crippen LogP contribution in [0.1, 0.15) is 239 Å². The maximum atomic E-state index is 12.7. The average molecular weight is 833 g/mol. The van der Waals surface area contributed by atoms with Crippen molar-refractivity contribution in [3.63, 3.8) is 0 Å². The van der Waals surface area contributed by atoms with Crippen LogP contribution in [0, 0.1) is 0 Å². The summed E-state index contributed by atoms with van der Waals surface area (Å²) in [5.41, 5.74) is 0. The Morgan fingerprint density at radius 1 is 0.474 bits per heavy atom. The van der Waals surface area contributed by atoms with Gasteiger partial charge in [0.15, 0.2) is 6.10 Å². The molecule has 0 aliphatic carbocycles. The van der Waals surface area contributed by atoms with E-state index in [0.29, 0.717) is 17.4 Å². The van der Waals surface area contributed by atoms with E-state index in [4.69, 9.17) is 18.5 Å². The van der Waals surface area contributed by atoms with E-state index in [1.165, 1.54) is 173 Å². The SMILES string of the molecule is CCCCCCCCCCCCCCCCCCCCCC(=O)OC[C@@H](COP(=O)(O)OCC[N+](C)(C)C)OC(=O)CCCCCCCCCCCCCCCC. The molecule has 0 amide bonds. The molecule has 0 aliphatic heterocycles. The van der Waals surface area contributed by atoms with E-state index in [-0.39, 0.29) is 25.6 Å². The predicted molar refractivity (Wildman–Crippen MR) is 238 cm³/mol. The van der Waals surface area contributed by atoms with Crippen molar-refractivity contribution in [1.82, 2.24) is 0 Å². The lowest BCUT2D eigenvalue weighted by atomic mass is 10.0. The van der Waals surface area contributed by atoms with Crippen LogP contribution in [0.5, 0.6) is 0 Å². The first-order valence-corrected chi connectivity index (χ1v) is 25.8. The van der Waals surface area contributed by atoms with Crippen molar-refractivity contribution in [2.75, 3.05) is 47.5 Å². The quantitative estimate of drug-likeness (QED) is 0.0280. The number of quaternary nitrogens is 1. The molecule has 0 saturated heterocycles. The Balaban J connectivity index is 4.22. The average Bonchev–Trinajstić information content (AvgIpc) is 3.16. The molecule has 0 aromatic heterocycles. The molecule has 0 aromatic carbocycles. The van der Waals surface area contributed by atoms with E-state index in [1.54, 1.807) is 0 Å². The van der Waals surface area contributed by atoms with Gasteiger partial charge in [0.1, 0.15) is 19.8 Å². The molecule has 1 N–H and O–H groups in total. The van der Waals surface area contributed by atoms with Crippen LogP contribution in [0.4, 0.5) is 0 Å². The van der Waals surface area contributed by atoms with Gasteiger partial charge in [0.05, 0.1) is 27.7 Å². The van der Waals surface area contributed by atoms with Crippen LogP contribution >= 0.6 is 7.82 Å². The third-order valence-corrected chi connectivity index (χ3v) is 11.9. The number of carbonyl (C=O) groups excluding carboxylic acids is 2. The minimum absolute atomic E-state index is 0.0370. The van der Waals surface area contributed by atoms with Crippen molar-refractivity contribution in [3.05, 3.63) is 0 Å². The summed E-state index contributed by atoms with van der Waals surface area (Å²) in [5, 5.41) is 0. The van der Waals surface area contributed by atoms with Gasteiger partial charge < -0.3 is 18.9 Å². The summed E-state index contributed by atoms with van der Waals surface area (Å²) in [6.07, 6.45) is 41.5. The molecule has 57 heavy (non-hydrogen) atoms. The molecule has 10 heteroatoms. The molecule has 0 radical (unpaired) electrons. The monoisotopic (exact) mass is 833 g/mol. The Labute approximate surface area is 353 Å². The highest BCUT2D eigenvalue weighted by Gasteiger charge is 2.27. The second kappa shape index (κ2) is 40.4. The van der Waals surface area contributed by atoms with Crippen LogP contribution in [-0.4, -0.2) is 74.9 Å². The summed E-state index contributed by atoms with van der Waals surface area (Å²) in [6.45, 7) is 4.47. The number of rotatable bonds is 45. The molecule has 2 atom stereocenters. The molecule has 0 aliphatic rings. The van der Waals surface area contributed by atoms with Gasteiger partial charge in [-0.1, -0.05) is 213 Å². The molecular weight excluding hydrogens is 737 g/mol. The van der Waals surface area contributed by atoms with Gasteiger partial charge in [0.25, 0.3) is 0 Å². The van der Waals surface area contributed by atoms with Gasteiger partial charge in [-0.05, 0) is 12.8 Å². The number of phosphoric ester groups is 1. The third kappa shape index (κ3) is 44.4. The summed E-state index contributed by atoms with van der Waals surface area (Å²) in [4.78, 5) is 35.4. The first-order chi connectivity index (χ1) is 27.5. The molecule has 1 unspecified atom stereocenters. The van der Waals surface area contributed by atoms with Gasteiger partial charge in [-0.2, -0.15) is 0 Å². The smallest absolute Gasteiger partial charge is 0.462 e. The lowest BCUT2D eigenvalue weighted by molar-refractivity contribution is -0.870. The number of likely N-dealkylation sites (N-methyl/N-ethyl adjacent to an activating group) is 1. The van der Waals surface area contributed by atoms with Crippen molar-refractivity contribution in [2.24, 2.45) is 0 Å². The number of unbranched alkanes of at least 4 members (excludes halogenated alkanes) is 31. The van der Waals surface area contributed by atoms with E-state index in [9.17, 15) is 19.0 Å². The molecule has 0 heterocycles. The summed E-state index contributed by atoms with van der Waals surface area (Å²) in [7, 11) is 1.50. The Kier molecular flexibility index (Phi) is 39.7. The topological polar surface area (TPSA) is 108 Å². The zero-order valence-corrected chi connectivity index (χ0v) is 39.2. The van der Waals surface area contributed by atoms with Crippen molar-refractivity contribution < 1.29 is 42.1 Å². The van der Waals surface area contributed by atoms with Crippen LogP contribution in [0.25, 0.3) is 0 Å². The second-order valence-corrected chi connectivity index (χ2v) is 19.3. The molecule has 0 spiro atoms. The molecule has 0 bridgehead atoms. The number of phosphoric acid groups is 1. The number of nitrogens with zero attached hydrogens (tertiary/aromatic N) is 1. The molecular formula is C47H95NO8P+. The number of hydrogen-bond donors (Lipinski definition) is 1. The number of carbonyl (C=O) groups is 2. The van der Waals surface area contributed by atoms with Crippen LogP contribution < -0.4 is 0 Å². The van der Waals surface area contributed by atoms with Gasteiger partial charge in [-0.3, -0.25) is 18.6 Å². The lowest BCUT2D eigenvalue weighted by Crippen LogP contribution is -2.37. The van der Waals surface area contributed by atoms with Gasteiger partial charge in [-0.25, -0.2) is 4.57 Å². The highest BCUT2D eigenvalue weighted by Crippen LogP contribution is 2.43. The minimum atomic E-state index is -4.37. The maximum absolute atomic E-state index is 12.7. The fourth-order valence-corrected chi connectivity index (χ4v) is 7.82. The van der Waals surface area contributed by atoms with E-state index < -0.39 is 26.5 Å². The summed E-state index contributed by atoms with van der Waals surface area (Å²) >= 11 is 0. The minimum Gasteiger partial charge on any atom is -0.462 e. The predicted octanol–water partition coefficient (Wildman–Crippen LogP) is 14.0. The van der Waals surface area contributed by atoms with Gasteiger partial charge >= 0.3 is 19.8 Å². The first-order valence-electron chi connectivity index (χ1n) is 24.3. The molecule has 0 aromatic rings. The molecule has 9 nitrogen and oxygen atoms in total. The lowest BCUT2D eigenvalue weighted by Gasteiger charge is -2.24. The number of hydrogen-bond acceptors (Lipinski definition) is 7. The molecule has 340 valence electrons. The van der Waals surface area contributed by atoms with Crippen molar-refractivity contribution in [2.45, 2.75) is 245 Å². The highest BCUT2D eigenvalue weighted by atomic mass is 31.2.